The Hall–Kier alpha value is -2.73. The van der Waals surface area contributed by atoms with Crippen molar-refractivity contribution in [2.45, 2.75) is 26.3 Å². The molecule has 3 rings (SSSR count). The summed E-state index contributed by atoms with van der Waals surface area (Å²) in [5, 5.41) is 4.56. The smallest absolute Gasteiger partial charge is 0.253 e. The first-order chi connectivity index (χ1) is 11.9. The van der Waals surface area contributed by atoms with Crippen molar-refractivity contribution >= 4 is 34.2 Å². The maximum absolute atomic E-state index is 12.3. The maximum atomic E-state index is 12.3. The third kappa shape index (κ3) is 4.03. The number of fused-ring (bicyclic) bond motifs is 1. The molecule has 0 unspecified atom stereocenters. The summed E-state index contributed by atoms with van der Waals surface area (Å²) in [5.41, 5.74) is 1.73. The van der Waals surface area contributed by atoms with Crippen molar-refractivity contribution in [1.82, 2.24) is 15.0 Å². The predicted octanol–water partition coefficient (Wildman–Crippen LogP) is 3.28. The maximum Gasteiger partial charge on any atom is 0.253 e. The highest BCUT2D eigenvalue weighted by atomic mass is 35.5. The molecule has 3 aromatic rings. The molecule has 0 fully saturated rings. The number of carbonyl (C=O) groups excluding carboxylic acids is 1. The zero-order valence-electron chi connectivity index (χ0n) is 13.8. The summed E-state index contributed by atoms with van der Waals surface area (Å²) in [6.07, 6.45) is 1.84. The van der Waals surface area contributed by atoms with Crippen LogP contribution in [0.3, 0.4) is 0 Å². The molecule has 2 N–H and O–H groups in total. The van der Waals surface area contributed by atoms with Crippen molar-refractivity contribution in [2.24, 2.45) is 0 Å². The molecule has 2 heterocycles. The first kappa shape index (κ1) is 17.1. The average molecular weight is 357 g/mol. The van der Waals surface area contributed by atoms with E-state index < -0.39 is 0 Å². The first-order valence-electron chi connectivity index (χ1n) is 7.83. The Morgan fingerprint density at radius 1 is 1.32 bits per heavy atom. The molecule has 0 saturated heterocycles. The number of rotatable bonds is 5. The standard InChI is InChI=1S/C18H17ClN4O2/c1-10(24)7-14-5-6-20-18(22-14)21-11(2)15-9-12-8-13(19)3-4-16(12)23-17(15)25/h3-6,8-9,11H,7H2,1-2H3,(H,23,25)(H,20,21,22)/t11-/m0/s1. The summed E-state index contributed by atoms with van der Waals surface area (Å²) in [4.78, 5) is 34.9. The largest absolute Gasteiger partial charge is 0.347 e. The van der Waals surface area contributed by atoms with Crippen molar-refractivity contribution in [3.8, 4) is 0 Å². The molecule has 25 heavy (non-hydrogen) atoms. The fourth-order valence-electron chi connectivity index (χ4n) is 2.61. The number of hydrogen-bond acceptors (Lipinski definition) is 5. The number of pyridine rings is 1. The Balaban J connectivity index is 1.89. The molecule has 0 saturated carbocycles. The van der Waals surface area contributed by atoms with E-state index in [4.69, 9.17) is 11.6 Å². The Morgan fingerprint density at radius 2 is 2.12 bits per heavy atom. The number of benzene rings is 1. The summed E-state index contributed by atoms with van der Waals surface area (Å²) >= 11 is 6.02. The van der Waals surface area contributed by atoms with Gasteiger partial charge in [0.2, 0.25) is 5.95 Å². The van der Waals surface area contributed by atoms with E-state index in [1.54, 1.807) is 36.5 Å². The molecule has 7 heteroatoms. The van der Waals surface area contributed by atoms with Crippen LogP contribution in [0.25, 0.3) is 10.9 Å². The van der Waals surface area contributed by atoms with Crippen molar-refractivity contribution in [1.29, 1.82) is 0 Å². The molecule has 2 aromatic heterocycles. The Morgan fingerprint density at radius 3 is 2.88 bits per heavy atom. The molecular weight excluding hydrogens is 340 g/mol. The van der Waals surface area contributed by atoms with Crippen molar-refractivity contribution in [2.75, 3.05) is 5.32 Å². The van der Waals surface area contributed by atoms with Gasteiger partial charge >= 0.3 is 0 Å². The summed E-state index contributed by atoms with van der Waals surface area (Å²) in [6, 6.07) is 8.48. The van der Waals surface area contributed by atoms with E-state index in [0.29, 0.717) is 22.2 Å². The van der Waals surface area contributed by atoms with Crippen LogP contribution in [0.4, 0.5) is 5.95 Å². The number of halogens is 1. The second kappa shape index (κ2) is 7.03. The van der Waals surface area contributed by atoms with Gasteiger partial charge < -0.3 is 10.3 Å². The van der Waals surface area contributed by atoms with E-state index in [9.17, 15) is 9.59 Å². The van der Waals surface area contributed by atoms with Crippen LogP contribution in [0, 0.1) is 0 Å². The lowest BCUT2D eigenvalue weighted by atomic mass is 10.1. The van der Waals surface area contributed by atoms with Crippen LogP contribution in [-0.2, 0) is 11.2 Å². The number of ketones is 1. The number of aromatic nitrogens is 3. The number of nitrogens with one attached hydrogen (secondary N) is 2. The normalized spacial score (nSPS) is 12.1. The number of H-pyrrole nitrogens is 1. The second-order valence-electron chi connectivity index (χ2n) is 5.90. The van der Waals surface area contributed by atoms with Gasteiger partial charge in [0.15, 0.2) is 0 Å². The summed E-state index contributed by atoms with van der Waals surface area (Å²) in [5.74, 6) is 0.400. The Bertz CT molecular complexity index is 1000. The van der Waals surface area contributed by atoms with Crippen LogP contribution >= 0.6 is 11.6 Å². The molecular formula is C18H17ClN4O2. The monoisotopic (exact) mass is 356 g/mol. The fraction of sp³-hybridized carbons (Fsp3) is 0.222. The van der Waals surface area contributed by atoms with E-state index in [2.05, 4.69) is 20.3 Å². The molecule has 1 aromatic carbocycles. The van der Waals surface area contributed by atoms with E-state index in [0.717, 1.165) is 10.9 Å². The number of Topliss-reactive ketones (excluding diaryl/α,β-unsaturated/α-hetero) is 1. The van der Waals surface area contributed by atoms with E-state index in [-0.39, 0.29) is 23.8 Å². The van der Waals surface area contributed by atoms with Crippen LogP contribution in [0.2, 0.25) is 5.02 Å². The van der Waals surface area contributed by atoms with Crippen molar-refractivity contribution in [3.05, 3.63) is 63.2 Å². The number of nitrogens with zero attached hydrogens (tertiary/aromatic N) is 2. The zero-order valence-corrected chi connectivity index (χ0v) is 14.6. The Labute approximate surface area is 149 Å². The number of aromatic amines is 1. The number of carbonyl (C=O) groups is 1. The van der Waals surface area contributed by atoms with Crippen molar-refractivity contribution < 1.29 is 4.79 Å². The number of hydrogen-bond donors (Lipinski definition) is 2. The van der Waals surface area contributed by atoms with Gasteiger partial charge in [-0.25, -0.2) is 9.97 Å². The van der Waals surface area contributed by atoms with Crippen LogP contribution in [0.5, 0.6) is 0 Å². The third-order valence-corrected chi connectivity index (χ3v) is 4.03. The van der Waals surface area contributed by atoms with E-state index >= 15 is 0 Å². The minimum atomic E-state index is -0.320. The van der Waals surface area contributed by atoms with Crippen LogP contribution in [-0.4, -0.2) is 20.7 Å². The van der Waals surface area contributed by atoms with Gasteiger partial charge in [0, 0.05) is 34.1 Å². The predicted molar refractivity (Wildman–Crippen MR) is 98.0 cm³/mol. The van der Waals surface area contributed by atoms with Crippen LogP contribution < -0.4 is 10.9 Å². The molecule has 0 bridgehead atoms. The van der Waals surface area contributed by atoms with E-state index in [1.807, 2.05) is 6.92 Å². The number of anilines is 1. The lowest BCUT2D eigenvalue weighted by molar-refractivity contribution is -0.116. The van der Waals surface area contributed by atoms with Crippen molar-refractivity contribution in [3.63, 3.8) is 0 Å². The van der Waals surface area contributed by atoms with Crippen LogP contribution in [0.15, 0.2) is 41.3 Å². The molecule has 0 aliphatic rings. The SMILES string of the molecule is CC(=O)Cc1ccnc(N[C@@H](C)c2cc3cc(Cl)ccc3[nH]c2=O)n1. The summed E-state index contributed by atoms with van der Waals surface area (Å²) in [7, 11) is 0. The quantitative estimate of drug-likeness (QED) is 0.732. The fourth-order valence-corrected chi connectivity index (χ4v) is 2.79. The minimum Gasteiger partial charge on any atom is -0.347 e. The van der Waals surface area contributed by atoms with Crippen LogP contribution in [0.1, 0.15) is 31.1 Å². The molecule has 0 aliphatic carbocycles. The van der Waals surface area contributed by atoms with Gasteiger partial charge in [-0.3, -0.25) is 9.59 Å². The molecule has 6 nitrogen and oxygen atoms in total. The molecule has 128 valence electrons. The molecule has 1 atom stereocenters. The van der Waals surface area contributed by atoms with Gasteiger partial charge in [0.1, 0.15) is 5.78 Å². The van der Waals surface area contributed by atoms with Gasteiger partial charge in [-0.05, 0) is 44.2 Å². The first-order valence-corrected chi connectivity index (χ1v) is 8.20. The lowest BCUT2D eigenvalue weighted by Crippen LogP contribution is -2.20. The van der Waals surface area contributed by atoms with Gasteiger partial charge in [-0.1, -0.05) is 11.6 Å². The Kier molecular flexibility index (Phi) is 4.81. The molecule has 0 radical (unpaired) electrons. The average Bonchev–Trinajstić information content (AvgIpc) is 2.54. The highest BCUT2D eigenvalue weighted by Crippen LogP contribution is 2.21. The van der Waals surface area contributed by atoms with Gasteiger partial charge in [-0.15, -0.1) is 0 Å². The highest BCUT2D eigenvalue weighted by Gasteiger charge is 2.13. The third-order valence-electron chi connectivity index (χ3n) is 3.79. The molecule has 0 spiro atoms. The highest BCUT2D eigenvalue weighted by molar-refractivity contribution is 6.31. The summed E-state index contributed by atoms with van der Waals surface area (Å²) in [6.45, 7) is 3.36. The van der Waals surface area contributed by atoms with Gasteiger partial charge in [-0.2, -0.15) is 0 Å². The van der Waals surface area contributed by atoms with Gasteiger partial charge in [0.05, 0.1) is 11.7 Å². The summed E-state index contributed by atoms with van der Waals surface area (Å²) < 4.78 is 0. The molecule has 0 aliphatic heterocycles. The topological polar surface area (TPSA) is 87.7 Å². The minimum absolute atomic E-state index is 0.0283. The van der Waals surface area contributed by atoms with E-state index in [1.165, 1.54) is 6.92 Å². The molecule has 0 amide bonds. The van der Waals surface area contributed by atoms with Gasteiger partial charge in [0.25, 0.3) is 5.56 Å². The zero-order chi connectivity index (χ0) is 18.0. The lowest BCUT2D eigenvalue weighted by Gasteiger charge is -2.14. The second-order valence-corrected chi connectivity index (χ2v) is 6.34.